The molecule has 2 aliphatic heterocycles. The third-order valence-corrected chi connectivity index (χ3v) is 8.27. The van der Waals surface area contributed by atoms with Gasteiger partial charge in [0.15, 0.2) is 0 Å². The Labute approximate surface area is 246 Å². The Hall–Kier alpha value is -3.90. The minimum Gasteiger partial charge on any atom is -0.475 e. The van der Waals surface area contributed by atoms with Crippen LogP contribution in [0.5, 0.6) is 5.88 Å². The van der Waals surface area contributed by atoms with Gasteiger partial charge in [0, 0.05) is 38.9 Å². The molecule has 4 heterocycles. The summed E-state index contributed by atoms with van der Waals surface area (Å²) in [6, 6.07) is 11.5. The van der Waals surface area contributed by atoms with Gasteiger partial charge in [-0.2, -0.15) is 13.2 Å². The number of benzene rings is 2. The first kappa shape index (κ1) is 29.2. The smallest absolute Gasteiger partial charge is 0.416 e. The highest BCUT2D eigenvalue weighted by Crippen LogP contribution is 2.35. The van der Waals surface area contributed by atoms with Crippen molar-refractivity contribution in [3.05, 3.63) is 87.7 Å². The minimum atomic E-state index is -4.59. The van der Waals surface area contributed by atoms with E-state index in [4.69, 9.17) is 9.47 Å². The number of hydrogen-bond donors (Lipinski definition) is 0. The Morgan fingerprint density at radius 3 is 2.60 bits per heavy atom. The van der Waals surface area contributed by atoms with E-state index in [-0.39, 0.29) is 36.5 Å². The summed E-state index contributed by atoms with van der Waals surface area (Å²) in [5.41, 5.74) is 0.844. The van der Waals surface area contributed by atoms with E-state index in [0.29, 0.717) is 56.0 Å². The molecule has 0 amide bonds. The summed E-state index contributed by atoms with van der Waals surface area (Å²) in [5, 5.41) is 0. The van der Waals surface area contributed by atoms with Crippen molar-refractivity contribution in [2.24, 2.45) is 0 Å². The number of morpholine rings is 1. The molecule has 8 nitrogen and oxygen atoms in total. The number of rotatable bonds is 8. The quantitative estimate of drug-likeness (QED) is 0.269. The van der Waals surface area contributed by atoms with Gasteiger partial charge in [-0.05, 0) is 42.7 Å². The van der Waals surface area contributed by atoms with E-state index in [1.54, 1.807) is 22.9 Å². The summed E-state index contributed by atoms with van der Waals surface area (Å²) in [6.07, 6.45) is -2.48. The van der Waals surface area contributed by atoms with Crippen molar-refractivity contribution < 1.29 is 27.0 Å². The van der Waals surface area contributed by atoms with Crippen molar-refractivity contribution in [2.45, 2.75) is 32.1 Å². The summed E-state index contributed by atoms with van der Waals surface area (Å²) in [4.78, 5) is 22.7. The van der Waals surface area contributed by atoms with Gasteiger partial charge in [0.2, 0.25) is 5.88 Å². The van der Waals surface area contributed by atoms with Crippen molar-refractivity contribution in [1.82, 2.24) is 19.0 Å². The summed E-state index contributed by atoms with van der Waals surface area (Å²) in [7, 11) is 0. The first-order valence-electron chi connectivity index (χ1n) is 14.4. The molecule has 0 radical (unpaired) electrons. The van der Waals surface area contributed by atoms with Crippen molar-refractivity contribution in [2.75, 3.05) is 57.4 Å². The van der Waals surface area contributed by atoms with Crippen LogP contribution in [0.2, 0.25) is 0 Å². The first-order valence-corrected chi connectivity index (χ1v) is 14.4. The zero-order valence-corrected chi connectivity index (χ0v) is 23.8. The maximum absolute atomic E-state index is 14.8. The maximum Gasteiger partial charge on any atom is 0.416 e. The highest BCUT2D eigenvalue weighted by Gasteiger charge is 2.35. The van der Waals surface area contributed by atoms with Crippen LogP contribution in [0, 0.1) is 12.7 Å². The molecule has 4 aromatic rings. The lowest BCUT2D eigenvalue weighted by atomic mass is 10.1. The Morgan fingerprint density at radius 2 is 1.84 bits per heavy atom. The van der Waals surface area contributed by atoms with E-state index < -0.39 is 17.4 Å². The summed E-state index contributed by atoms with van der Waals surface area (Å²) < 4.78 is 71.0. The third-order valence-electron chi connectivity index (χ3n) is 8.27. The highest BCUT2D eigenvalue weighted by atomic mass is 19.4. The molecule has 1 unspecified atom stereocenters. The number of ether oxygens (including phenoxy) is 2. The molecule has 0 spiro atoms. The molecule has 43 heavy (non-hydrogen) atoms. The molecular weight excluding hydrogens is 566 g/mol. The van der Waals surface area contributed by atoms with Crippen LogP contribution in [0.1, 0.15) is 29.2 Å². The number of pyridine rings is 1. The molecule has 228 valence electrons. The number of aromatic nitrogens is 3. The van der Waals surface area contributed by atoms with Gasteiger partial charge >= 0.3 is 11.9 Å². The molecule has 2 fully saturated rings. The molecule has 1 atom stereocenters. The van der Waals surface area contributed by atoms with E-state index in [0.717, 1.165) is 24.7 Å². The van der Waals surface area contributed by atoms with Gasteiger partial charge in [-0.1, -0.05) is 30.3 Å². The minimum absolute atomic E-state index is 0.0331. The normalized spacial score (nSPS) is 18.1. The average Bonchev–Trinajstić information content (AvgIpc) is 3.56. The molecule has 2 aliphatic rings. The number of alkyl halides is 3. The lowest BCUT2D eigenvalue weighted by molar-refractivity contribution is -0.138. The van der Waals surface area contributed by atoms with Crippen LogP contribution in [-0.4, -0.2) is 71.6 Å². The topological polar surface area (TPSA) is 64.8 Å². The Bertz CT molecular complexity index is 1640. The van der Waals surface area contributed by atoms with E-state index in [9.17, 15) is 22.4 Å². The fourth-order valence-electron chi connectivity index (χ4n) is 6.19. The largest absolute Gasteiger partial charge is 0.475 e. The molecular formula is C31H33F4N5O3. The van der Waals surface area contributed by atoms with Crippen LogP contribution in [0.15, 0.2) is 59.5 Å². The van der Waals surface area contributed by atoms with Gasteiger partial charge in [0.05, 0.1) is 42.6 Å². The Morgan fingerprint density at radius 1 is 1.05 bits per heavy atom. The van der Waals surface area contributed by atoms with E-state index in [2.05, 4.69) is 9.88 Å². The van der Waals surface area contributed by atoms with Crippen molar-refractivity contribution in [3.8, 4) is 5.88 Å². The third kappa shape index (κ3) is 5.85. The van der Waals surface area contributed by atoms with Gasteiger partial charge in [-0.25, -0.2) is 14.2 Å². The number of hydrogen-bond acceptors (Lipinski definition) is 6. The monoisotopic (exact) mass is 599 g/mol. The average molecular weight is 600 g/mol. The molecule has 2 aromatic heterocycles. The number of nitrogens with zero attached hydrogens (tertiary/aromatic N) is 5. The molecule has 0 aliphatic carbocycles. The fraction of sp³-hybridized carbons (Fsp3) is 0.419. The number of halogens is 4. The lowest BCUT2D eigenvalue weighted by Crippen LogP contribution is -2.38. The molecule has 2 saturated heterocycles. The SMILES string of the molecule is Cc1cccc(F)c1N1CCC(n2c(=O)n(Cc3ccccc3C(F)(F)F)c3c(OCCN4CCOCC4)nccc32)C1. The van der Waals surface area contributed by atoms with Crippen molar-refractivity contribution in [3.63, 3.8) is 0 Å². The van der Waals surface area contributed by atoms with E-state index >= 15 is 0 Å². The second-order valence-corrected chi connectivity index (χ2v) is 11.0. The standard InChI is InChI=1S/C31H33F4N5O3/c1-21-5-4-8-25(32)27(21)38-12-10-23(20-38)40-26-9-11-36-29(43-18-15-37-13-16-42-17-14-37)28(26)39(30(40)41)19-22-6-2-3-7-24(22)31(33,34)35/h2-9,11,23H,10,12-20H2,1H3. The zero-order chi connectivity index (χ0) is 30.1. The second-order valence-electron chi connectivity index (χ2n) is 11.0. The van der Waals surface area contributed by atoms with E-state index in [1.165, 1.54) is 28.8 Å². The predicted molar refractivity (Wildman–Crippen MR) is 154 cm³/mol. The first-order chi connectivity index (χ1) is 20.7. The Kier molecular flexibility index (Phi) is 8.15. The number of para-hydroxylation sites is 1. The number of imidazole rings is 1. The fourth-order valence-corrected chi connectivity index (χ4v) is 6.19. The van der Waals surface area contributed by atoms with Gasteiger partial charge in [0.25, 0.3) is 0 Å². The van der Waals surface area contributed by atoms with Crippen molar-refractivity contribution in [1.29, 1.82) is 0 Å². The molecule has 12 heteroatoms. The lowest BCUT2D eigenvalue weighted by Gasteiger charge is -2.26. The van der Waals surface area contributed by atoms with E-state index in [1.807, 2.05) is 17.9 Å². The van der Waals surface area contributed by atoms with Gasteiger partial charge in [-0.3, -0.25) is 14.0 Å². The number of fused-ring (bicyclic) bond motifs is 1. The summed E-state index contributed by atoms with van der Waals surface area (Å²) >= 11 is 0. The summed E-state index contributed by atoms with van der Waals surface area (Å²) in [5.74, 6) is -0.148. The van der Waals surface area contributed by atoms with Gasteiger partial charge < -0.3 is 14.4 Å². The molecule has 2 aromatic carbocycles. The molecule has 0 saturated carbocycles. The van der Waals surface area contributed by atoms with Gasteiger partial charge in [-0.15, -0.1) is 0 Å². The molecule has 0 N–H and O–H groups in total. The second kappa shape index (κ2) is 12.0. The number of anilines is 1. The van der Waals surface area contributed by atoms with Crippen LogP contribution < -0.4 is 15.3 Å². The summed E-state index contributed by atoms with van der Waals surface area (Å²) in [6.45, 7) is 6.15. The molecule has 6 rings (SSSR count). The van der Waals surface area contributed by atoms with Crippen LogP contribution in [0.4, 0.5) is 23.2 Å². The van der Waals surface area contributed by atoms with Crippen molar-refractivity contribution >= 4 is 16.7 Å². The van der Waals surface area contributed by atoms with Crippen LogP contribution >= 0.6 is 0 Å². The van der Waals surface area contributed by atoms with Crippen LogP contribution in [-0.2, 0) is 17.5 Å². The zero-order valence-electron chi connectivity index (χ0n) is 23.8. The van der Waals surface area contributed by atoms with Crippen LogP contribution in [0.3, 0.4) is 0 Å². The van der Waals surface area contributed by atoms with Crippen LogP contribution in [0.25, 0.3) is 11.0 Å². The highest BCUT2D eigenvalue weighted by molar-refractivity contribution is 5.81. The maximum atomic E-state index is 14.8. The molecule has 0 bridgehead atoms. The Balaban J connectivity index is 1.39. The predicted octanol–water partition coefficient (Wildman–Crippen LogP) is 4.88. The van der Waals surface area contributed by atoms with Gasteiger partial charge in [0.1, 0.15) is 17.9 Å². The number of aryl methyl sites for hydroxylation is 1.